The van der Waals surface area contributed by atoms with E-state index in [0.29, 0.717) is 11.5 Å². The quantitative estimate of drug-likeness (QED) is 0.845. The van der Waals surface area contributed by atoms with Gasteiger partial charge in [0.05, 0.1) is 6.54 Å². The molecule has 5 nitrogen and oxygen atoms in total. The van der Waals surface area contributed by atoms with Crippen LogP contribution in [0.5, 0.6) is 0 Å². The molecule has 0 atom stereocenters. The van der Waals surface area contributed by atoms with Gasteiger partial charge in [-0.05, 0) is 6.07 Å². The molecule has 2 rings (SSSR count). The molecule has 2 aromatic rings. The highest BCUT2D eigenvalue weighted by molar-refractivity contribution is 5.07. The highest BCUT2D eigenvalue weighted by Crippen LogP contribution is 2.27. The minimum absolute atomic E-state index is 0.114. The second kappa shape index (κ2) is 4.81. The van der Waals surface area contributed by atoms with Crippen LogP contribution in [-0.4, -0.2) is 22.0 Å². The zero-order chi connectivity index (χ0) is 13.2. The van der Waals surface area contributed by atoms with Crippen molar-refractivity contribution in [2.75, 3.05) is 7.11 Å². The van der Waals surface area contributed by atoms with Crippen molar-refractivity contribution in [3.8, 4) is 0 Å². The summed E-state index contributed by atoms with van der Waals surface area (Å²) in [6, 6.07) is 2.52. The smallest absolute Gasteiger partial charge is 0.377 e. The summed E-state index contributed by atoms with van der Waals surface area (Å²) in [5, 5.41) is 7.12. The van der Waals surface area contributed by atoms with Crippen LogP contribution in [-0.2, 0) is 24.1 Å². The van der Waals surface area contributed by atoms with Crippen molar-refractivity contribution < 1.29 is 22.4 Å². The summed E-state index contributed by atoms with van der Waals surface area (Å²) in [7, 11) is 1.51. The van der Waals surface area contributed by atoms with E-state index in [1.54, 1.807) is 6.07 Å². The number of ether oxygens (including phenoxy) is 1. The van der Waals surface area contributed by atoms with Gasteiger partial charge in [-0.15, -0.1) is 0 Å². The lowest BCUT2D eigenvalue weighted by molar-refractivity contribution is -0.141. The molecule has 0 amide bonds. The molecule has 0 aliphatic heterocycles. The third-order valence-corrected chi connectivity index (χ3v) is 2.15. The second-order valence-corrected chi connectivity index (χ2v) is 3.61. The van der Waals surface area contributed by atoms with Crippen molar-refractivity contribution >= 4 is 0 Å². The fourth-order valence-electron chi connectivity index (χ4n) is 1.41. The van der Waals surface area contributed by atoms with Crippen LogP contribution in [0.4, 0.5) is 13.2 Å². The molecule has 0 fully saturated rings. The van der Waals surface area contributed by atoms with Gasteiger partial charge >= 0.3 is 6.18 Å². The molecule has 0 radical (unpaired) electrons. The number of hydrogen-bond donors (Lipinski definition) is 0. The van der Waals surface area contributed by atoms with Crippen LogP contribution in [0.1, 0.15) is 17.1 Å². The Hall–Kier alpha value is -1.83. The van der Waals surface area contributed by atoms with Gasteiger partial charge in [0.1, 0.15) is 12.3 Å². The van der Waals surface area contributed by atoms with Gasteiger partial charge in [-0.3, -0.25) is 4.68 Å². The maximum Gasteiger partial charge on any atom is 0.435 e. The highest BCUT2D eigenvalue weighted by Gasteiger charge is 2.33. The summed E-state index contributed by atoms with van der Waals surface area (Å²) in [5.41, 5.74) is -0.443. The monoisotopic (exact) mass is 261 g/mol. The average molecular weight is 261 g/mol. The molecule has 0 N–H and O–H groups in total. The van der Waals surface area contributed by atoms with Gasteiger partial charge < -0.3 is 9.26 Å². The van der Waals surface area contributed by atoms with E-state index >= 15 is 0 Å². The van der Waals surface area contributed by atoms with Crippen LogP contribution in [0, 0.1) is 0 Å². The summed E-state index contributed by atoms with van der Waals surface area (Å²) in [5.74, 6) is 0.510. The zero-order valence-electron chi connectivity index (χ0n) is 9.44. The van der Waals surface area contributed by atoms with Gasteiger partial charge in [0.25, 0.3) is 0 Å². The Balaban J connectivity index is 2.06. The number of hydrogen-bond acceptors (Lipinski definition) is 4. The number of halogens is 3. The van der Waals surface area contributed by atoms with E-state index in [4.69, 9.17) is 9.26 Å². The molecule has 0 spiro atoms. The first-order valence-electron chi connectivity index (χ1n) is 5.03. The molecule has 0 bridgehead atoms. The molecule has 0 saturated carbocycles. The first-order valence-corrected chi connectivity index (χ1v) is 5.03. The molecule has 18 heavy (non-hydrogen) atoms. The summed E-state index contributed by atoms with van der Waals surface area (Å²) in [4.78, 5) is 0. The summed E-state index contributed by atoms with van der Waals surface area (Å²) < 4.78 is 47.9. The standard InChI is InChI=1S/C10H10F3N3O2/c1-17-6-8-4-7(15-18-8)5-16-3-2-9(14-16)10(11,12)13/h2-4H,5-6H2,1H3. The van der Waals surface area contributed by atoms with Crippen LogP contribution in [0.25, 0.3) is 0 Å². The zero-order valence-corrected chi connectivity index (χ0v) is 9.44. The maximum atomic E-state index is 12.3. The van der Waals surface area contributed by atoms with Crippen LogP contribution in [0.15, 0.2) is 22.9 Å². The van der Waals surface area contributed by atoms with E-state index in [1.165, 1.54) is 13.3 Å². The SMILES string of the molecule is COCc1cc(Cn2ccc(C(F)(F)F)n2)no1. The molecule has 2 aromatic heterocycles. The number of rotatable bonds is 4. The van der Waals surface area contributed by atoms with Gasteiger partial charge in [-0.25, -0.2) is 0 Å². The first-order chi connectivity index (χ1) is 8.49. The van der Waals surface area contributed by atoms with Gasteiger partial charge in [0.15, 0.2) is 11.5 Å². The maximum absolute atomic E-state index is 12.3. The Morgan fingerprint density at radius 3 is 2.83 bits per heavy atom. The predicted octanol–water partition coefficient (Wildman–Crippen LogP) is 2.08. The van der Waals surface area contributed by atoms with E-state index in [-0.39, 0.29) is 13.2 Å². The van der Waals surface area contributed by atoms with Crippen molar-refractivity contribution in [2.24, 2.45) is 0 Å². The Morgan fingerprint density at radius 1 is 1.44 bits per heavy atom. The lowest BCUT2D eigenvalue weighted by Gasteiger charge is -2.00. The van der Waals surface area contributed by atoms with Crippen molar-refractivity contribution in [3.63, 3.8) is 0 Å². The Morgan fingerprint density at radius 2 is 2.22 bits per heavy atom. The molecule has 0 saturated heterocycles. The van der Waals surface area contributed by atoms with E-state index in [0.717, 1.165) is 10.7 Å². The molecule has 2 heterocycles. The number of methoxy groups -OCH3 is 1. The molecule has 0 aliphatic rings. The Kier molecular flexibility index (Phi) is 3.37. The lowest BCUT2D eigenvalue weighted by Crippen LogP contribution is -2.08. The summed E-state index contributed by atoms with van der Waals surface area (Å²) in [6.07, 6.45) is -3.19. The molecular weight excluding hydrogens is 251 g/mol. The van der Waals surface area contributed by atoms with Crippen LogP contribution in [0.2, 0.25) is 0 Å². The Bertz CT molecular complexity index is 518. The molecule has 0 unspecified atom stereocenters. The van der Waals surface area contributed by atoms with Crippen molar-refractivity contribution in [1.82, 2.24) is 14.9 Å². The molecule has 0 aromatic carbocycles. The number of aromatic nitrogens is 3. The molecule has 98 valence electrons. The minimum atomic E-state index is -4.43. The minimum Gasteiger partial charge on any atom is -0.377 e. The second-order valence-electron chi connectivity index (χ2n) is 3.61. The third-order valence-electron chi connectivity index (χ3n) is 2.15. The van der Waals surface area contributed by atoms with Gasteiger partial charge in [-0.2, -0.15) is 18.3 Å². The molecular formula is C10H10F3N3O2. The van der Waals surface area contributed by atoms with Crippen LogP contribution in [0.3, 0.4) is 0 Å². The number of nitrogens with zero attached hydrogens (tertiary/aromatic N) is 3. The van der Waals surface area contributed by atoms with Gasteiger partial charge in [0, 0.05) is 19.4 Å². The van der Waals surface area contributed by atoms with Crippen LogP contribution >= 0.6 is 0 Å². The van der Waals surface area contributed by atoms with Crippen LogP contribution < -0.4 is 0 Å². The fraction of sp³-hybridized carbons (Fsp3) is 0.400. The normalized spacial score (nSPS) is 12.0. The third kappa shape index (κ3) is 2.89. The van der Waals surface area contributed by atoms with Crippen molar-refractivity contribution in [1.29, 1.82) is 0 Å². The van der Waals surface area contributed by atoms with E-state index < -0.39 is 11.9 Å². The van der Waals surface area contributed by atoms with Crippen molar-refractivity contribution in [2.45, 2.75) is 19.3 Å². The molecule has 8 heteroatoms. The summed E-state index contributed by atoms with van der Waals surface area (Å²) >= 11 is 0. The predicted molar refractivity (Wildman–Crippen MR) is 53.5 cm³/mol. The lowest BCUT2D eigenvalue weighted by atomic mass is 10.4. The van der Waals surface area contributed by atoms with Gasteiger partial charge in [-0.1, -0.05) is 5.16 Å². The average Bonchev–Trinajstić information content (AvgIpc) is 2.88. The van der Waals surface area contributed by atoms with Crippen molar-refractivity contribution in [3.05, 3.63) is 35.5 Å². The van der Waals surface area contributed by atoms with Gasteiger partial charge in [0.2, 0.25) is 0 Å². The molecule has 0 aliphatic carbocycles. The largest absolute Gasteiger partial charge is 0.435 e. The summed E-state index contributed by atoms with van der Waals surface area (Å²) in [6.45, 7) is 0.378. The van der Waals surface area contributed by atoms with E-state index in [1.807, 2.05) is 0 Å². The Labute approximate surface area is 100 Å². The first kappa shape index (κ1) is 12.6. The van der Waals surface area contributed by atoms with E-state index in [9.17, 15) is 13.2 Å². The van der Waals surface area contributed by atoms with E-state index in [2.05, 4.69) is 10.3 Å². The number of alkyl halides is 3. The fourth-order valence-corrected chi connectivity index (χ4v) is 1.41. The highest BCUT2D eigenvalue weighted by atomic mass is 19.4. The topological polar surface area (TPSA) is 53.1 Å².